The fourth-order valence-electron chi connectivity index (χ4n) is 1.80. The van der Waals surface area contributed by atoms with E-state index in [0.717, 1.165) is 19.3 Å². The van der Waals surface area contributed by atoms with Gasteiger partial charge in [0.1, 0.15) is 11.5 Å². The highest BCUT2D eigenvalue weighted by molar-refractivity contribution is 5.72. The summed E-state index contributed by atoms with van der Waals surface area (Å²) in [6, 6.07) is 6.21. The third kappa shape index (κ3) is 8.35. The van der Waals surface area contributed by atoms with E-state index in [1.54, 1.807) is 18.2 Å². The molecule has 0 aliphatic carbocycles. The smallest absolute Gasteiger partial charge is 0.410 e. The van der Waals surface area contributed by atoms with Gasteiger partial charge in [0.05, 0.1) is 6.17 Å². The Balaban J connectivity index is 2.45. The average molecular weight is 338 g/mol. The lowest BCUT2D eigenvalue weighted by Gasteiger charge is -2.13. The van der Waals surface area contributed by atoms with Crippen LogP contribution in [-0.2, 0) is 0 Å². The monoisotopic (exact) mass is 338 g/mol. The normalized spacial score (nSPS) is 11.5. The predicted octanol–water partition coefficient (Wildman–Crippen LogP) is 2.25. The minimum Gasteiger partial charge on any atom is -0.410 e. The van der Waals surface area contributed by atoms with Crippen molar-refractivity contribution in [2.24, 2.45) is 5.73 Å². The van der Waals surface area contributed by atoms with Gasteiger partial charge in [-0.05, 0) is 25.0 Å². The number of amides is 2. The van der Waals surface area contributed by atoms with Gasteiger partial charge >= 0.3 is 12.2 Å². The number of nitrogens with two attached hydrogens (primary N) is 1. The van der Waals surface area contributed by atoms with Crippen molar-refractivity contribution in [2.45, 2.75) is 45.7 Å². The molecule has 0 bridgehead atoms. The number of hydrogen-bond acceptors (Lipinski definition) is 6. The maximum atomic E-state index is 11.7. The molecule has 0 heterocycles. The fourth-order valence-corrected chi connectivity index (χ4v) is 1.80. The molecule has 5 N–H and O–H groups in total. The molecule has 2 amide bonds. The van der Waals surface area contributed by atoms with Crippen molar-refractivity contribution in [3.8, 4) is 11.5 Å². The lowest BCUT2D eigenvalue weighted by molar-refractivity contribution is 0.193. The second-order valence-electron chi connectivity index (χ2n) is 5.20. The highest BCUT2D eigenvalue weighted by Gasteiger charge is 2.10. The molecule has 8 nitrogen and oxygen atoms in total. The Morgan fingerprint density at radius 3 is 2.42 bits per heavy atom. The van der Waals surface area contributed by atoms with Crippen LogP contribution in [0, 0.1) is 0 Å². The van der Waals surface area contributed by atoms with Gasteiger partial charge in [-0.25, -0.2) is 15.0 Å². The molecule has 0 aromatic heterocycles. The molecule has 1 aromatic carbocycles. The molecule has 0 aliphatic heterocycles. The van der Waals surface area contributed by atoms with E-state index in [-0.39, 0.29) is 11.5 Å². The zero-order chi connectivity index (χ0) is 17.8. The van der Waals surface area contributed by atoms with Crippen molar-refractivity contribution in [3.05, 3.63) is 24.3 Å². The Kier molecular flexibility index (Phi) is 9.25. The summed E-state index contributed by atoms with van der Waals surface area (Å²) in [6.45, 7) is 4.68. The number of carbonyl (C=O) groups is 2. The molecule has 0 saturated heterocycles. The number of hydrogen-bond donors (Lipinski definition) is 4. The van der Waals surface area contributed by atoms with E-state index in [2.05, 4.69) is 23.1 Å². The first-order valence-corrected chi connectivity index (χ1v) is 8.09. The third-order valence-corrected chi connectivity index (χ3v) is 2.98. The molecule has 0 spiro atoms. The van der Waals surface area contributed by atoms with Crippen LogP contribution in [0.3, 0.4) is 0 Å². The van der Waals surface area contributed by atoms with Crippen LogP contribution in [0.25, 0.3) is 0 Å². The molecule has 8 heteroatoms. The van der Waals surface area contributed by atoms with E-state index in [9.17, 15) is 9.59 Å². The highest BCUT2D eigenvalue weighted by atomic mass is 16.6. The standard InChI is InChI=1S/C16H26N4O4/c1-3-5-10-18-20-16(22)24-13-9-6-8-12(11-13)23-15(21)19-14(17)7-4-2/h6,8-9,11,14,18H,3-5,7,10,17H2,1-2H3,(H,19,21)(H,20,22). The summed E-state index contributed by atoms with van der Waals surface area (Å²) in [5.74, 6) is 0.508. The molecule has 1 rings (SSSR count). The first-order valence-electron chi connectivity index (χ1n) is 8.09. The number of hydrazine groups is 1. The minimum absolute atomic E-state index is 0.250. The molecule has 0 saturated carbocycles. The van der Waals surface area contributed by atoms with E-state index >= 15 is 0 Å². The Bertz CT molecular complexity index is 525. The van der Waals surface area contributed by atoms with Crippen LogP contribution in [0.1, 0.15) is 39.5 Å². The second-order valence-corrected chi connectivity index (χ2v) is 5.20. The first kappa shape index (κ1) is 19.7. The Morgan fingerprint density at radius 1 is 1.12 bits per heavy atom. The lowest BCUT2D eigenvalue weighted by atomic mass is 10.3. The van der Waals surface area contributed by atoms with E-state index in [1.165, 1.54) is 6.07 Å². The third-order valence-electron chi connectivity index (χ3n) is 2.98. The SMILES string of the molecule is CCCCNNC(=O)Oc1cccc(OC(=O)NC(N)CCC)c1. The first-order chi connectivity index (χ1) is 11.5. The summed E-state index contributed by atoms with van der Waals surface area (Å²) in [5, 5.41) is 2.52. The van der Waals surface area contributed by atoms with Crippen molar-refractivity contribution in [3.63, 3.8) is 0 Å². The number of carbonyl (C=O) groups excluding carboxylic acids is 2. The summed E-state index contributed by atoms with van der Waals surface area (Å²) in [4.78, 5) is 23.3. The van der Waals surface area contributed by atoms with Gasteiger partial charge in [-0.3, -0.25) is 5.43 Å². The minimum atomic E-state index is -0.654. The van der Waals surface area contributed by atoms with Gasteiger partial charge < -0.3 is 20.5 Å². The van der Waals surface area contributed by atoms with Crippen LogP contribution in [0.5, 0.6) is 11.5 Å². The lowest BCUT2D eigenvalue weighted by Crippen LogP contribution is -2.42. The maximum Gasteiger partial charge on any atom is 0.427 e. The van der Waals surface area contributed by atoms with E-state index in [0.29, 0.717) is 13.0 Å². The molecular weight excluding hydrogens is 312 g/mol. The predicted molar refractivity (Wildman–Crippen MR) is 90.6 cm³/mol. The Hall–Kier alpha value is -2.32. The molecule has 0 radical (unpaired) electrons. The molecule has 0 fully saturated rings. The topological polar surface area (TPSA) is 115 Å². The summed E-state index contributed by atoms with van der Waals surface area (Å²) in [5.41, 5.74) is 10.9. The van der Waals surface area contributed by atoms with Gasteiger partial charge in [0.2, 0.25) is 0 Å². The van der Waals surface area contributed by atoms with Crippen molar-refractivity contribution in [1.82, 2.24) is 16.2 Å². The molecule has 0 aliphatic rings. The van der Waals surface area contributed by atoms with Crippen LogP contribution in [-0.4, -0.2) is 24.9 Å². The van der Waals surface area contributed by atoms with Gasteiger partial charge in [0.25, 0.3) is 0 Å². The van der Waals surface area contributed by atoms with Crippen molar-refractivity contribution < 1.29 is 19.1 Å². The van der Waals surface area contributed by atoms with Gasteiger partial charge in [-0.1, -0.05) is 32.8 Å². The van der Waals surface area contributed by atoms with Gasteiger partial charge in [0.15, 0.2) is 0 Å². The number of ether oxygens (including phenoxy) is 2. The number of unbranched alkanes of at least 4 members (excludes halogenated alkanes) is 1. The highest BCUT2D eigenvalue weighted by Crippen LogP contribution is 2.19. The van der Waals surface area contributed by atoms with Crippen molar-refractivity contribution in [2.75, 3.05) is 6.54 Å². The van der Waals surface area contributed by atoms with Crippen molar-refractivity contribution >= 4 is 12.2 Å². The summed E-state index contributed by atoms with van der Waals surface area (Å²) in [6.07, 6.45) is 1.72. The number of rotatable bonds is 9. The van der Waals surface area contributed by atoms with Gasteiger partial charge in [-0.2, -0.15) is 0 Å². The summed E-state index contributed by atoms with van der Waals surface area (Å²) >= 11 is 0. The van der Waals surface area contributed by atoms with Crippen LogP contribution in [0.2, 0.25) is 0 Å². The number of benzene rings is 1. The summed E-state index contributed by atoms with van der Waals surface area (Å²) in [7, 11) is 0. The van der Waals surface area contributed by atoms with E-state index in [4.69, 9.17) is 15.2 Å². The largest absolute Gasteiger partial charge is 0.427 e. The van der Waals surface area contributed by atoms with Gasteiger partial charge in [0, 0.05) is 12.6 Å². The van der Waals surface area contributed by atoms with Crippen LogP contribution in [0.15, 0.2) is 24.3 Å². The van der Waals surface area contributed by atoms with Crippen LogP contribution < -0.4 is 31.4 Å². The van der Waals surface area contributed by atoms with E-state index in [1.807, 2.05) is 6.92 Å². The fraction of sp³-hybridized carbons (Fsp3) is 0.500. The Labute approximate surface area is 142 Å². The molecule has 1 aromatic rings. The van der Waals surface area contributed by atoms with Crippen LogP contribution >= 0.6 is 0 Å². The molecule has 1 atom stereocenters. The summed E-state index contributed by atoms with van der Waals surface area (Å²) < 4.78 is 10.2. The van der Waals surface area contributed by atoms with Crippen LogP contribution in [0.4, 0.5) is 9.59 Å². The zero-order valence-corrected chi connectivity index (χ0v) is 14.1. The Morgan fingerprint density at radius 2 is 1.79 bits per heavy atom. The molecule has 134 valence electrons. The number of nitrogens with one attached hydrogen (secondary N) is 3. The van der Waals surface area contributed by atoms with Crippen molar-refractivity contribution in [1.29, 1.82) is 0 Å². The molecular formula is C16H26N4O4. The maximum absolute atomic E-state index is 11.7. The quantitative estimate of drug-likeness (QED) is 0.312. The second kappa shape index (κ2) is 11.3. The average Bonchev–Trinajstić information content (AvgIpc) is 2.52. The molecule has 24 heavy (non-hydrogen) atoms. The van der Waals surface area contributed by atoms with Gasteiger partial charge in [-0.15, -0.1) is 0 Å². The zero-order valence-electron chi connectivity index (χ0n) is 14.1. The van der Waals surface area contributed by atoms with E-state index < -0.39 is 18.4 Å². The molecule has 1 unspecified atom stereocenters.